The average Bonchev–Trinajstić information content (AvgIpc) is 2.96. The molecule has 0 bridgehead atoms. The fourth-order valence-corrected chi connectivity index (χ4v) is 3.19. The van der Waals surface area contributed by atoms with Crippen molar-refractivity contribution in [1.29, 1.82) is 0 Å². The standard InChI is InChI=1S/C16H21NO6S.Na/c1-16(15(19)20)10-24-14(17-16)11-4-3-5-12(13(11)18)23-9-8-22-7-6-21-2;/h3-5,18H,6-10H2,1-2H3,(H,19,20);/q;+1/p-1/t16-;/m1./s1. The molecule has 1 heterocycles. The molecule has 1 aromatic carbocycles. The summed E-state index contributed by atoms with van der Waals surface area (Å²) in [6.45, 7) is 3.12. The number of carboxylic acids is 1. The monoisotopic (exact) mass is 377 g/mol. The van der Waals surface area contributed by atoms with E-state index in [0.29, 0.717) is 36.2 Å². The van der Waals surface area contributed by atoms with Gasteiger partial charge in [0, 0.05) is 12.9 Å². The van der Waals surface area contributed by atoms with Crippen LogP contribution in [0.2, 0.25) is 0 Å². The Morgan fingerprint density at radius 2 is 2.08 bits per heavy atom. The number of hydrogen-bond donors (Lipinski definition) is 1. The molecular formula is C16H20NNaO6S. The van der Waals surface area contributed by atoms with E-state index in [1.165, 1.54) is 18.7 Å². The van der Waals surface area contributed by atoms with Gasteiger partial charge >= 0.3 is 29.6 Å². The second kappa shape index (κ2) is 10.4. The zero-order valence-electron chi connectivity index (χ0n) is 14.6. The predicted molar refractivity (Wildman–Crippen MR) is 88.7 cm³/mol. The zero-order valence-corrected chi connectivity index (χ0v) is 17.4. The maximum absolute atomic E-state index is 11.2. The van der Waals surface area contributed by atoms with Crippen LogP contribution in [0.25, 0.3) is 0 Å². The summed E-state index contributed by atoms with van der Waals surface area (Å²) in [4.78, 5) is 15.3. The summed E-state index contributed by atoms with van der Waals surface area (Å²) < 4.78 is 15.7. The molecule has 0 saturated carbocycles. The van der Waals surface area contributed by atoms with Gasteiger partial charge in [0.1, 0.15) is 17.2 Å². The van der Waals surface area contributed by atoms with Crippen LogP contribution in [0, 0.1) is 0 Å². The number of thioether (sulfide) groups is 1. The smallest absolute Gasteiger partial charge is 0.547 e. The van der Waals surface area contributed by atoms with E-state index in [0.717, 1.165) is 0 Å². The summed E-state index contributed by atoms with van der Waals surface area (Å²) >= 11 is 1.27. The number of carboxylic acid groups (broad SMARTS) is 1. The van der Waals surface area contributed by atoms with E-state index in [9.17, 15) is 15.0 Å². The van der Waals surface area contributed by atoms with Gasteiger partial charge in [-0.1, -0.05) is 6.07 Å². The maximum atomic E-state index is 11.2. The van der Waals surface area contributed by atoms with Crippen LogP contribution in [0.3, 0.4) is 0 Å². The molecule has 1 atom stereocenters. The van der Waals surface area contributed by atoms with E-state index in [2.05, 4.69) is 4.99 Å². The van der Waals surface area contributed by atoms with Crippen molar-refractivity contribution in [2.24, 2.45) is 4.99 Å². The SMILES string of the molecule is COCCOCCOc1cccc(C2=N[C@@](C)(C(=O)[O-])CS2)c1O.[Na+]. The third kappa shape index (κ3) is 5.87. The molecule has 132 valence electrons. The van der Waals surface area contributed by atoms with Crippen LogP contribution in [0.15, 0.2) is 23.2 Å². The number of aromatic hydroxyl groups is 1. The van der Waals surface area contributed by atoms with Gasteiger partial charge < -0.3 is 29.2 Å². The number of aliphatic carboxylic acids is 1. The zero-order chi connectivity index (χ0) is 17.6. The number of aliphatic imine (C=N–C) groups is 1. The first-order chi connectivity index (χ1) is 11.5. The number of phenols is 1. The third-order valence-corrected chi connectivity index (χ3v) is 4.72. The topological polar surface area (TPSA) is 100 Å². The number of hydrogen-bond acceptors (Lipinski definition) is 8. The Kier molecular flexibility index (Phi) is 9.26. The molecule has 0 aromatic heterocycles. The Balaban J connectivity index is 0.00000312. The molecule has 1 aliphatic rings. The van der Waals surface area contributed by atoms with Gasteiger partial charge in [0.2, 0.25) is 0 Å². The molecule has 1 aliphatic heterocycles. The van der Waals surface area contributed by atoms with Crippen LogP contribution >= 0.6 is 11.8 Å². The number of benzene rings is 1. The summed E-state index contributed by atoms with van der Waals surface area (Å²) in [6, 6.07) is 5.02. The number of methoxy groups -OCH3 is 1. The van der Waals surface area contributed by atoms with Crippen molar-refractivity contribution in [1.82, 2.24) is 0 Å². The quantitative estimate of drug-likeness (QED) is 0.373. The molecule has 0 unspecified atom stereocenters. The number of ether oxygens (including phenoxy) is 3. The van der Waals surface area contributed by atoms with Crippen molar-refractivity contribution in [2.75, 3.05) is 39.3 Å². The molecule has 0 saturated heterocycles. The summed E-state index contributed by atoms with van der Waals surface area (Å²) in [5.41, 5.74) is -0.832. The fraction of sp³-hybridized carbons (Fsp3) is 0.500. The molecule has 1 N–H and O–H groups in total. The van der Waals surface area contributed by atoms with Crippen molar-refractivity contribution in [3.8, 4) is 11.5 Å². The van der Waals surface area contributed by atoms with Gasteiger partial charge in [-0.15, -0.1) is 11.8 Å². The van der Waals surface area contributed by atoms with Gasteiger partial charge in [0.05, 0.1) is 31.4 Å². The van der Waals surface area contributed by atoms with Crippen LogP contribution in [0.4, 0.5) is 0 Å². The first kappa shape index (κ1) is 22.3. The van der Waals surface area contributed by atoms with Crippen molar-refractivity contribution < 1.29 is 58.8 Å². The number of nitrogens with zero attached hydrogens (tertiary/aromatic N) is 1. The minimum absolute atomic E-state index is 0. The fourth-order valence-electron chi connectivity index (χ4n) is 2.01. The molecule has 7 nitrogen and oxygen atoms in total. The van der Waals surface area contributed by atoms with Crippen LogP contribution in [-0.4, -0.2) is 60.9 Å². The molecule has 25 heavy (non-hydrogen) atoms. The van der Waals surface area contributed by atoms with E-state index >= 15 is 0 Å². The molecular weight excluding hydrogens is 357 g/mol. The van der Waals surface area contributed by atoms with Gasteiger partial charge in [-0.3, -0.25) is 4.99 Å². The molecule has 0 aliphatic carbocycles. The molecule has 0 spiro atoms. The van der Waals surface area contributed by atoms with Crippen molar-refractivity contribution in [2.45, 2.75) is 12.5 Å². The number of carbonyl (C=O) groups excluding carboxylic acids is 1. The predicted octanol–water partition coefficient (Wildman–Crippen LogP) is -2.56. The first-order valence-corrected chi connectivity index (χ1v) is 8.42. The number of rotatable bonds is 9. The summed E-state index contributed by atoms with van der Waals surface area (Å²) in [5.74, 6) is -0.732. The second-order valence-corrected chi connectivity index (χ2v) is 6.34. The maximum Gasteiger partial charge on any atom is 1.00 e. The van der Waals surface area contributed by atoms with E-state index in [-0.39, 0.29) is 47.7 Å². The van der Waals surface area contributed by atoms with Gasteiger partial charge in [-0.2, -0.15) is 0 Å². The Morgan fingerprint density at radius 3 is 2.72 bits per heavy atom. The van der Waals surface area contributed by atoms with E-state index in [4.69, 9.17) is 14.2 Å². The summed E-state index contributed by atoms with van der Waals surface area (Å²) in [6.07, 6.45) is 0. The van der Waals surface area contributed by atoms with Gasteiger partial charge in [0.15, 0.2) is 11.5 Å². The third-order valence-electron chi connectivity index (χ3n) is 3.42. The first-order valence-electron chi connectivity index (χ1n) is 7.44. The number of carbonyl (C=O) groups is 1. The van der Waals surface area contributed by atoms with Crippen molar-refractivity contribution in [3.63, 3.8) is 0 Å². The van der Waals surface area contributed by atoms with Crippen LogP contribution in [0.5, 0.6) is 11.5 Å². The second-order valence-electron chi connectivity index (χ2n) is 5.37. The van der Waals surface area contributed by atoms with Crippen LogP contribution in [0.1, 0.15) is 12.5 Å². The largest absolute Gasteiger partial charge is 1.00 e. The van der Waals surface area contributed by atoms with Crippen molar-refractivity contribution >= 4 is 22.8 Å². The Labute approximate surface area is 173 Å². The van der Waals surface area contributed by atoms with E-state index in [1.54, 1.807) is 25.3 Å². The van der Waals surface area contributed by atoms with Crippen LogP contribution < -0.4 is 39.4 Å². The molecule has 0 radical (unpaired) electrons. The summed E-state index contributed by atoms with van der Waals surface area (Å²) in [5, 5.41) is 22.0. The Hall–Kier alpha value is -0.770. The minimum Gasteiger partial charge on any atom is -0.547 e. The molecule has 0 fully saturated rings. The van der Waals surface area contributed by atoms with E-state index in [1.807, 2.05) is 0 Å². The average molecular weight is 377 g/mol. The van der Waals surface area contributed by atoms with Crippen LogP contribution in [-0.2, 0) is 14.3 Å². The Morgan fingerprint density at radius 1 is 1.36 bits per heavy atom. The normalized spacial score (nSPS) is 19.2. The molecule has 0 amide bonds. The number of para-hydroxylation sites is 1. The number of phenolic OH excluding ortho intramolecular Hbond substituents is 1. The van der Waals surface area contributed by atoms with Gasteiger partial charge in [-0.05, 0) is 19.1 Å². The van der Waals surface area contributed by atoms with E-state index < -0.39 is 11.5 Å². The molecule has 1 aromatic rings. The minimum atomic E-state index is -1.28. The molecule has 9 heteroatoms. The van der Waals surface area contributed by atoms with Gasteiger partial charge in [-0.25, -0.2) is 0 Å². The molecule has 2 rings (SSSR count). The van der Waals surface area contributed by atoms with Crippen molar-refractivity contribution in [3.05, 3.63) is 23.8 Å². The van der Waals surface area contributed by atoms with Gasteiger partial charge in [0.25, 0.3) is 0 Å². The Bertz CT molecular complexity index is 627. The summed E-state index contributed by atoms with van der Waals surface area (Å²) in [7, 11) is 1.60.